The molecule has 1 aliphatic rings. The van der Waals surface area contributed by atoms with Crippen LogP contribution in [0.4, 0.5) is 0 Å². The Bertz CT molecular complexity index is 682. The summed E-state index contributed by atoms with van der Waals surface area (Å²) < 4.78 is 6.97. The monoisotopic (exact) mass is 302 g/mol. The number of carbonyl (C=O) groups is 2. The molecule has 1 aliphatic heterocycles. The summed E-state index contributed by atoms with van der Waals surface area (Å²) in [6.45, 7) is 1.05. The summed E-state index contributed by atoms with van der Waals surface area (Å²) >= 11 is 0. The Morgan fingerprint density at radius 1 is 1.36 bits per heavy atom. The lowest BCUT2D eigenvalue weighted by atomic mass is 9.96. The van der Waals surface area contributed by atoms with Gasteiger partial charge in [0.05, 0.1) is 6.26 Å². The van der Waals surface area contributed by atoms with Crippen molar-refractivity contribution < 1.29 is 14.0 Å². The number of aromatic nitrogens is 2. The van der Waals surface area contributed by atoms with E-state index in [9.17, 15) is 9.59 Å². The fourth-order valence-electron chi connectivity index (χ4n) is 2.76. The number of amides is 2. The third kappa shape index (κ3) is 2.61. The van der Waals surface area contributed by atoms with Gasteiger partial charge in [0.15, 0.2) is 11.5 Å². The lowest BCUT2D eigenvalue weighted by Crippen LogP contribution is -2.41. The van der Waals surface area contributed by atoms with Crippen LogP contribution in [-0.4, -0.2) is 39.6 Å². The predicted molar refractivity (Wildman–Crippen MR) is 78.7 cm³/mol. The molecular formula is C15H18N4O3. The SMILES string of the molecule is Cn1nc(C(=O)N2CCC(C(N)=O)CC2)cc1-c1ccco1. The van der Waals surface area contributed by atoms with E-state index in [1.807, 2.05) is 6.07 Å². The molecule has 3 heterocycles. The summed E-state index contributed by atoms with van der Waals surface area (Å²) in [6, 6.07) is 5.34. The van der Waals surface area contributed by atoms with Crippen LogP contribution >= 0.6 is 0 Å². The minimum Gasteiger partial charge on any atom is -0.463 e. The van der Waals surface area contributed by atoms with Crippen LogP contribution in [0.2, 0.25) is 0 Å². The number of hydrogen-bond donors (Lipinski definition) is 1. The number of rotatable bonds is 3. The van der Waals surface area contributed by atoms with E-state index in [-0.39, 0.29) is 17.7 Å². The van der Waals surface area contributed by atoms with Crippen molar-refractivity contribution in [3.05, 3.63) is 30.2 Å². The summed E-state index contributed by atoms with van der Waals surface area (Å²) in [7, 11) is 1.77. The molecule has 2 amide bonds. The number of likely N-dealkylation sites (tertiary alicyclic amines) is 1. The highest BCUT2D eigenvalue weighted by Crippen LogP contribution is 2.22. The maximum absolute atomic E-state index is 12.5. The fourth-order valence-corrected chi connectivity index (χ4v) is 2.76. The van der Waals surface area contributed by atoms with E-state index in [0.29, 0.717) is 37.4 Å². The molecule has 0 aliphatic carbocycles. The van der Waals surface area contributed by atoms with Gasteiger partial charge in [0.25, 0.3) is 5.91 Å². The van der Waals surface area contributed by atoms with Gasteiger partial charge in [-0.1, -0.05) is 0 Å². The van der Waals surface area contributed by atoms with E-state index in [0.717, 1.165) is 5.69 Å². The van der Waals surface area contributed by atoms with E-state index >= 15 is 0 Å². The van der Waals surface area contributed by atoms with Crippen molar-refractivity contribution in [3.63, 3.8) is 0 Å². The van der Waals surface area contributed by atoms with Gasteiger partial charge in [0, 0.05) is 32.1 Å². The molecule has 0 spiro atoms. The van der Waals surface area contributed by atoms with Gasteiger partial charge in [0.1, 0.15) is 5.69 Å². The topological polar surface area (TPSA) is 94.4 Å². The summed E-state index contributed by atoms with van der Waals surface area (Å²) in [5.41, 5.74) is 6.44. The first-order valence-electron chi connectivity index (χ1n) is 7.23. The number of carbonyl (C=O) groups excluding carboxylic acids is 2. The zero-order valence-electron chi connectivity index (χ0n) is 12.4. The predicted octanol–water partition coefficient (Wildman–Crippen LogP) is 1.02. The van der Waals surface area contributed by atoms with Crippen LogP contribution in [0.25, 0.3) is 11.5 Å². The standard InChI is InChI=1S/C15H18N4O3/c1-18-12(13-3-2-8-22-13)9-11(17-18)15(21)19-6-4-10(5-7-19)14(16)20/h2-3,8-10H,4-7H2,1H3,(H2,16,20). The molecule has 0 unspecified atom stereocenters. The average molecular weight is 302 g/mol. The second-order valence-corrected chi connectivity index (χ2v) is 5.48. The van der Waals surface area contributed by atoms with Crippen molar-refractivity contribution in [2.24, 2.45) is 18.7 Å². The number of aryl methyl sites for hydroxylation is 1. The first kappa shape index (κ1) is 14.4. The van der Waals surface area contributed by atoms with Gasteiger partial charge in [-0.2, -0.15) is 5.10 Å². The van der Waals surface area contributed by atoms with E-state index in [4.69, 9.17) is 10.2 Å². The molecule has 22 heavy (non-hydrogen) atoms. The highest BCUT2D eigenvalue weighted by atomic mass is 16.3. The minimum atomic E-state index is -0.287. The van der Waals surface area contributed by atoms with Gasteiger partial charge in [-0.25, -0.2) is 0 Å². The number of nitrogens with two attached hydrogens (primary N) is 1. The lowest BCUT2D eigenvalue weighted by Gasteiger charge is -2.29. The number of primary amides is 1. The van der Waals surface area contributed by atoms with Crippen LogP contribution in [0.1, 0.15) is 23.3 Å². The first-order chi connectivity index (χ1) is 10.6. The quantitative estimate of drug-likeness (QED) is 0.915. The molecule has 7 heteroatoms. The molecule has 2 N–H and O–H groups in total. The molecule has 3 rings (SSSR count). The Labute approximate surface area is 127 Å². The molecule has 7 nitrogen and oxygen atoms in total. The van der Waals surface area contributed by atoms with Gasteiger partial charge >= 0.3 is 0 Å². The van der Waals surface area contributed by atoms with E-state index in [2.05, 4.69) is 5.10 Å². The maximum atomic E-state index is 12.5. The molecule has 0 radical (unpaired) electrons. The summed E-state index contributed by atoms with van der Waals surface area (Å²) in [5, 5.41) is 4.27. The van der Waals surface area contributed by atoms with Crippen molar-refractivity contribution in [2.45, 2.75) is 12.8 Å². The zero-order valence-corrected chi connectivity index (χ0v) is 12.4. The molecule has 116 valence electrons. The van der Waals surface area contributed by atoms with Crippen molar-refractivity contribution in [2.75, 3.05) is 13.1 Å². The smallest absolute Gasteiger partial charge is 0.274 e. The van der Waals surface area contributed by atoms with Crippen molar-refractivity contribution >= 4 is 11.8 Å². The minimum absolute atomic E-state index is 0.128. The van der Waals surface area contributed by atoms with Gasteiger partial charge in [-0.15, -0.1) is 0 Å². The van der Waals surface area contributed by atoms with Crippen LogP contribution in [0.3, 0.4) is 0 Å². The highest BCUT2D eigenvalue weighted by Gasteiger charge is 2.28. The van der Waals surface area contributed by atoms with Crippen molar-refractivity contribution in [1.82, 2.24) is 14.7 Å². The number of nitrogens with zero attached hydrogens (tertiary/aromatic N) is 3. The Kier molecular flexibility index (Phi) is 3.70. The number of furan rings is 1. The molecule has 1 fully saturated rings. The Morgan fingerprint density at radius 3 is 2.68 bits per heavy atom. The molecule has 2 aromatic heterocycles. The Hall–Kier alpha value is -2.57. The van der Waals surface area contributed by atoms with Crippen molar-refractivity contribution in [3.8, 4) is 11.5 Å². The van der Waals surface area contributed by atoms with E-state index < -0.39 is 0 Å². The third-order valence-corrected chi connectivity index (χ3v) is 4.06. The lowest BCUT2D eigenvalue weighted by molar-refractivity contribution is -0.123. The zero-order chi connectivity index (χ0) is 15.7. The van der Waals surface area contributed by atoms with Crippen LogP contribution in [0, 0.1) is 5.92 Å². The Balaban J connectivity index is 1.74. The van der Waals surface area contributed by atoms with E-state index in [1.165, 1.54) is 0 Å². The van der Waals surface area contributed by atoms with Gasteiger partial charge in [-0.3, -0.25) is 14.3 Å². The van der Waals surface area contributed by atoms with Crippen LogP contribution < -0.4 is 5.73 Å². The van der Waals surface area contributed by atoms with Crippen LogP contribution in [0.5, 0.6) is 0 Å². The summed E-state index contributed by atoms with van der Waals surface area (Å²) in [5.74, 6) is 0.120. The second-order valence-electron chi connectivity index (χ2n) is 5.48. The second kappa shape index (κ2) is 5.67. The normalized spacial score (nSPS) is 16.0. The first-order valence-corrected chi connectivity index (χ1v) is 7.23. The fraction of sp³-hybridized carbons (Fsp3) is 0.400. The van der Waals surface area contributed by atoms with Gasteiger partial charge in [-0.05, 0) is 25.0 Å². The molecule has 0 bridgehead atoms. The maximum Gasteiger partial charge on any atom is 0.274 e. The third-order valence-electron chi connectivity index (χ3n) is 4.06. The average Bonchev–Trinajstić information content (AvgIpc) is 3.15. The highest BCUT2D eigenvalue weighted by molar-refractivity contribution is 5.93. The molecule has 0 saturated carbocycles. The van der Waals surface area contributed by atoms with Crippen LogP contribution in [0.15, 0.2) is 28.9 Å². The summed E-state index contributed by atoms with van der Waals surface area (Å²) in [4.78, 5) is 25.4. The molecule has 2 aromatic rings. The van der Waals surface area contributed by atoms with E-state index in [1.54, 1.807) is 35.0 Å². The number of hydrogen-bond acceptors (Lipinski definition) is 4. The van der Waals surface area contributed by atoms with Crippen LogP contribution in [-0.2, 0) is 11.8 Å². The van der Waals surface area contributed by atoms with Crippen molar-refractivity contribution in [1.29, 1.82) is 0 Å². The molecule has 0 aromatic carbocycles. The van der Waals surface area contributed by atoms with Gasteiger partial charge < -0.3 is 15.1 Å². The largest absolute Gasteiger partial charge is 0.463 e. The molecular weight excluding hydrogens is 284 g/mol. The number of piperidine rings is 1. The molecule has 1 saturated heterocycles. The summed E-state index contributed by atoms with van der Waals surface area (Å²) in [6.07, 6.45) is 2.80. The molecule has 0 atom stereocenters. The Morgan fingerprint density at radius 2 is 2.09 bits per heavy atom. The van der Waals surface area contributed by atoms with Gasteiger partial charge in [0.2, 0.25) is 5.91 Å².